The first-order valence-corrected chi connectivity index (χ1v) is 5.05. The smallest absolute Gasteiger partial charge is 0.340 e. The van der Waals surface area contributed by atoms with Crippen LogP contribution in [0.4, 0.5) is 0 Å². The molecular formula is C12H12O4. The zero-order valence-corrected chi connectivity index (χ0v) is 8.84. The molecule has 0 fully saturated rings. The molecule has 0 aromatic heterocycles. The van der Waals surface area contributed by atoms with E-state index >= 15 is 0 Å². The second-order valence-corrected chi connectivity index (χ2v) is 3.33. The summed E-state index contributed by atoms with van der Waals surface area (Å²) in [4.78, 5) is 11.5. The van der Waals surface area contributed by atoms with E-state index in [-0.39, 0.29) is 12.2 Å². The van der Waals surface area contributed by atoms with Crippen molar-refractivity contribution < 1.29 is 19.4 Å². The van der Waals surface area contributed by atoms with Gasteiger partial charge < -0.3 is 14.6 Å². The van der Waals surface area contributed by atoms with Crippen LogP contribution in [0.5, 0.6) is 5.75 Å². The number of hydrogen-bond acceptors (Lipinski definition) is 4. The Morgan fingerprint density at radius 1 is 1.50 bits per heavy atom. The van der Waals surface area contributed by atoms with E-state index < -0.39 is 12.3 Å². The van der Waals surface area contributed by atoms with Gasteiger partial charge in [0.2, 0.25) is 6.29 Å². The summed E-state index contributed by atoms with van der Waals surface area (Å²) in [6.07, 6.45) is 0.329. The first kappa shape index (κ1) is 10.7. The minimum atomic E-state index is -1.26. The van der Waals surface area contributed by atoms with Crippen LogP contribution in [0.25, 0.3) is 6.08 Å². The summed E-state index contributed by atoms with van der Waals surface area (Å²) < 4.78 is 10.0. The minimum Gasteiger partial charge on any atom is -0.462 e. The van der Waals surface area contributed by atoms with Gasteiger partial charge in [0.25, 0.3) is 0 Å². The molecule has 1 aromatic rings. The van der Waals surface area contributed by atoms with Crippen LogP contribution in [0.2, 0.25) is 0 Å². The van der Waals surface area contributed by atoms with E-state index in [1.54, 1.807) is 31.2 Å². The molecule has 2 rings (SSSR count). The van der Waals surface area contributed by atoms with Crippen LogP contribution in [0, 0.1) is 0 Å². The average molecular weight is 220 g/mol. The molecule has 0 aliphatic carbocycles. The van der Waals surface area contributed by atoms with Crippen LogP contribution < -0.4 is 4.74 Å². The third-order valence-electron chi connectivity index (χ3n) is 2.25. The average Bonchev–Trinajstić information content (AvgIpc) is 2.28. The minimum absolute atomic E-state index is 0.126. The highest BCUT2D eigenvalue weighted by atomic mass is 16.6. The Bertz CT molecular complexity index is 436. The topological polar surface area (TPSA) is 55.8 Å². The van der Waals surface area contributed by atoms with Gasteiger partial charge in [-0.2, -0.15) is 0 Å². The van der Waals surface area contributed by atoms with Crippen molar-refractivity contribution in [2.75, 3.05) is 6.61 Å². The maximum atomic E-state index is 11.5. The number of hydrogen-bond donors (Lipinski definition) is 1. The standard InChI is InChI=1S/C12H12O4/c1-2-15-11(13)9-7-8-5-3-4-6-10(8)16-12(9)14/h3-7,12,14H,2H2,1H3/t12-/m0/s1. The van der Waals surface area contributed by atoms with Crippen molar-refractivity contribution in [3.05, 3.63) is 35.4 Å². The number of carbonyl (C=O) groups excluding carboxylic acids is 1. The van der Waals surface area contributed by atoms with E-state index in [4.69, 9.17) is 9.47 Å². The van der Waals surface area contributed by atoms with Gasteiger partial charge >= 0.3 is 5.97 Å². The molecular weight excluding hydrogens is 208 g/mol. The van der Waals surface area contributed by atoms with Gasteiger partial charge in [-0.15, -0.1) is 0 Å². The number of fused-ring (bicyclic) bond motifs is 1. The van der Waals surface area contributed by atoms with Crippen LogP contribution in [0.15, 0.2) is 29.8 Å². The fourth-order valence-electron chi connectivity index (χ4n) is 1.50. The molecule has 0 unspecified atom stereocenters. The number of benzene rings is 1. The highest BCUT2D eigenvalue weighted by molar-refractivity contribution is 5.95. The maximum Gasteiger partial charge on any atom is 0.340 e. The first-order chi connectivity index (χ1) is 7.72. The number of carbonyl (C=O) groups is 1. The molecule has 0 spiro atoms. The lowest BCUT2D eigenvalue weighted by Gasteiger charge is -2.21. The number of esters is 1. The lowest BCUT2D eigenvalue weighted by Crippen LogP contribution is -2.27. The molecule has 1 aromatic carbocycles. The van der Waals surface area contributed by atoms with Crippen molar-refractivity contribution >= 4 is 12.0 Å². The number of aliphatic hydroxyl groups excluding tert-OH is 1. The number of para-hydroxylation sites is 1. The Labute approximate surface area is 93.1 Å². The lowest BCUT2D eigenvalue weighted by atomic mass is 10.1. The van der Waals surface area contributed by atoms with Gasteiger partial charge in [0.15, 0.2) is 0 Å². The molecule has 4 nitrogen and oxygen atoms in total. The van der Waals surface area contributed by atoms with E-state index in [1.807, 2.05) is 6.07 Å². The molecule has 1 atom stereocenters. The molecule has 0 saturated carbocycles. The zero-order chi connectivity index (χ0) is 11.5. The SMILES string of the molecule is CCOC(=O)C1=Cc2ccccc2O[C@@H]1O. The second kappa shape index (κ2) is 4.37. The number of rotatable bonds is 2. The number of ether oxygens (including phenoxy) is 2. The van der Waals surface area contributed by atoms with Crippen LogP contribution in [-0.4, -0.2) is 24.0 Å². The lowest BCUT2D eigenvalue weighted by molar-refractivity contribution is -0.141. The quantitative estimate of drug-likeness (QED) is 0.764. The summed E-state index contributed by atoms with van der Waals surface area (Å²) in [7, 11) is 0. The summed E-state index contributed by atoms with van der Waals surface area (Å²) in [6, 6.07) is 7.17. The van der Waals surface area contributed by atoms with Gasteiger partial charge in [0, 0.05) is 5.56 Å². The largest absolute Gasteiger partial charge is 0.462 e. The summed E-state index contributed by atoms with van der Waals surface area (Å²) in [5.41, 5.74) is 0.886. The van der Waals surface area contributed by atoms with Gasteiger partial charge in [-0.05, 0) is 19.1 Å². The summed E-state index contributed by atoms with van der Waals surface area (Å²) in [6.45, 7) is 1.98. The van der Waals surface area contributed by atoms with E-state index in [9.17, 15) is 9.90 Å². The Morgan fingerprint density at radius 2 is 2.25 bits per heavy atom. The Hall–Kier alpha value is -1.81. The Balaban J connectivity index is 2.33. The first-order valence-electron chi connectivity index (χ1n) is 5.05. The van der Waals surface area contributed by atoms with Crippen molar-refractivity contribution in [1.82, 2.24) is 0 Å². The molecule has 4 heteroatoms. The van der Waals surface area contributed by atoms with E-state index in [0.717, 1.165) is 5.56 Å². The van der Waals surface area contributed by atoms with Crippen molar-refractivity contribution in [3.8, 4) is 5.75 Å². The van der Waals surface area contributed by atoms with Gasteiger partial charge in [0.05, 0.1) is 6.61 Å². The van der Waals surface area contributed by atoms with Gasteiger partial charge in [-0.1, -0.05) is 18.2 Å². The maximum absolute atomic E-state index is 11.5. The molecule has 1 aliphatic rings. The normalized spacial score (nSPS) is 18.1. The molecule has 84 valence electrons. The Morgan fingerprint density at radius 3 is 3.00 bits per heavy atom. The fourth-order valence-corrected chi connectivity index (χ4v) is 1.50. The van der Waals surface area contributed by atoms with E-state index in [1.165, 1.54) is 0 Å². The summed E-state index contributed by atoms with van der Waals surface area (Å²) in [5, 5.41) is 9.62. The van der Waals surface area contributed by atoms with Crippen LogP contribution in [-0.2, 0) is 9.53 Å². The Kier molecular flexibility index (Phi) is 2.92. The summed E-state index contributed by atoms with van der Waals surface area (Å²) in [5.74, 6) is 0.00699. The van der Waals surface area contributed by atoms with Crippen molar-refractivity contribution in [2.45, 2.75) is 13.2 Å². The molecule has 0 amide bonds. The molecule has 0 radical (unpaired) electrons. The molecule has 1 aliphatic heterocycles. The molecule has 1 N–H and O–H groups in total. The van der Waals surface area contributed by atoms with Crippen LogP contribution >= 0.6 is 0 Å². The second-order valence-electron chi connectivity index (χ2n) is 3.33. The third kappa shape index (κ3) is 1.92. The van der Waals surface area contributed by atoms with Gasteiger partial charge in [-0.3, -0.25) is 0 Å². The predicted octanol–water partition coefficient (Wildman–Crippen LogP) is 1.34. The molecule has 0 saturated heterocycles. The van der Waals surface area contributed by atoms with Crippen LogP contribution in [0.3, 0.4) is 0 Å². The van der Waals surface area contributed by atoms with Crippen molar-refractivity contribution in [1.29, 1.82) is 0 Å². The highest BCUT2D eigenvalue weighted by Gasteiger charge is 2.26. The third-order valence-corrected chi connectivity index (χ3v) is 2.25. The van der Waals surface area contributed by atoms with E-state index in [2.05, 4.69) is 0 Å². The molecule has 1 heterocycles. The highest BCUT2D eigenvalue weighted by Crippen LogP contribution is 2.28. The van der Waals surface area contributed by atoms with Gasteiger partial charge in [0.1, 0.15) is 11.3 Å². The van der Waals surface area contributed by atoms with Crippen LogP contribution in [0.1, 0.15) is 12.5 Å². The monoisotopic (exact) mass is 220 g/mol. The fraction of sp³-hybridized carbons (Fsp3) is 0.250. The summed E-state index contributed by atoms with van der Waals surface area (Å²) >= 11 is 0. The zero-order valence-electron chi connectivity index (χ0n) is 8.84. The van der Waals surface area contributed by atoms with Crippen molar-refractivity contribution in [2.24, 2.45) is 0 Å². The predicted molar refractivity (Wildman–Crippen MR) is 57.7 cm³/mol. The molecule has 16 heavy (non-hydrogen) atoms. The van der Waals surface area contributed by atoms with E-state index in [0.29, 0.717) is 5.75 Å². The van der Waals surface area contributed by atoms with Crippen molar-refractivity contribution in [3.63, 3.8) is 0 Å². The molecule has 0 bridgehead atoms. The van der Waals surface area contributed by atoms with Gasteiger partial charge in [-0.25, -0.2) is 4.79 Å². The number of aliphatic hydroxyl groups is 1.